The van der Waals surface area contributed by atoms with Crippen LogP contribution in [0.15, 0.2) is 48.5 Å². The number of thiophene rings is 1. The fourth-order valence-electron chi connectivity index (χ4n) is 2.30. The number of benzene rings is 2. The monoisotopic (exact) mass is 366 g/mol. The number of hydrogen-bond donors (Lipinski definition) is 3. The molecule has 0 spiro atoms. The van der Waals surface area contributed by atoms with Gasteiger partial charge < -0.3 is 16.4 Å². The van der Waals surface area contributed by atoms with Gasteiger partial charge in [0.1, 0.15) is 27.3 Å². The van der Waals surface area contributed by atoms with Crippen LogP contribution in [-0.4, -0.2) is 5.91 Å². The molecule has 1 amide bonds. The van der Waals surface area contributed by atoms with E-state index in [-0.39, 0.29) is 16.1 Å². The lowest BCUT2D eigenvalue weighted by atomic mass is 10.2. The van der Waals surface area contributed by atoms with Crippen LogP contribution in [-0.2, 0) is 0 Å². The molecule has 5 nitrogen and oxygen atoms in total. The van der Waals surface area contributed by atoms with Crippen molar-refractivity contribution >= 4 is 39.3 Å². The summed E-state index contributed by atoms with van der Waals surface area (Å²) in [5, 5.41) is 15.7. The molecule has 1 heterocycles. The van der Waals surface area contributed by atoms with E-state index in [1.54, 1.807) is 0 Å². The van der Waals surface area contributed by atoms with Crippen molar-refractivity contribution in [3.63, 3.8) is 0 Å². The number of aryl methyl sites for hydroxylation is 1. The number of nitrogens with one attached hydrogen (secondary N) is 2. The average Bonchev–Trinajstić information content (AvgIpc) is 2.94. The first-order valence-corrected chi connectivity index (χ1v) is 8.52. The zero-order valence-corrected chi connectivity index (χ0v) is 14.7. The molecule has 0 unspecified atom stereocenters. The van der Waals surface area contributed by atoms with E-state index < -0.39 is 11.7 Å². The molecular weight excluding hydrogens is 351 g/mol. The number of nitrogens with zero attached hydrogens (tertiary/aromatic N) is 1. The maximum absolute atomic E-state index is 13.0. The summed E-state index contributed by atoms with van der Waals surface area (Å²) in [5.41, 5.74) is 8.68. The lowest BCUT2D eigenvalue weighted by Crippen LogP contribution is -2.12. The minimum absolute atomic E-state index is 0.117. The third kappa shape index (κ3) is 3.66. The van der Waals surface area contributed by atoms with Gasteiger partial charge in [0.15, 0.2) is 0 Å². The van der Waals surface area contributed by atoms with E-state index in [4.69, 9.17) is 5.73 Å². The molecule has 0 aliphatic carbocycles. The third-order valence-corrected chi connectivity index (χ3v) is 4.79. The van der Waals surface area contributed by atoms with Gasteiger partial charge in [-0.15, -0.1) is 11.3 Å². The second kappa shape index (κ2) is 7.25. The van der Waals surface area contributed by atoms with Crippen molar-refractivity contribution in [1.82, 2.24) is 0 Å². The van der Waals surface area contributed by atoms with Crippen molar-refractivity contribution in [3.05, 3.63) is 70.4 Å². The number of amides is 1. The standard InChI is InChI=1S/C19H15FN4OS/c1-11-2-6-14(7-3-11)24-19-15(10-21)16(22)17(26-19)18(25)23-13-8-4-12(20)5-9-13/h2-9,24H,22H2,1H3,(H,23,25). The van der Waals surface area contributed by atoms with E-state index in [0.29, 0.717) is 10.7 Å². The molecule has 0 bridgehead atoms. The summed E-state index contributed by atoms with van der Waals surface area (Å²) in [7, 11) is 0. The Bertz CT molecular complexity index is 988. The van der Waals surface area contributed by atoms with Gasteiger partial charge in [0.25, 0.3) is 5.91 Å². The second-order valence-corrected chi connectivity index (χ2v) is 6.63. The highest BCUT2D eigenvalue weighted by atomic mass is 32.1. The SMILES string of the molecule is Cc1ccc(Nc2sc(C(=O)Nc3ccc(F)cc3)c(N)c2C#N)cc1. The topological polar surface area (TPSA) is 90.9 Å². The number of nitrogens with two attached hydrogens (primary N) is 1. The average molecular weight is 366 g/mol. The molecule has 3 aromatic rings. The molecule has 7 heteroatoms. The molecule has 0 fully saturated rings. The molecule has 0 radical (unpaired) electrons. The highest BCUT2D eigenvalue weighted by Crippen LogP contribution is 2.37. The smallest absolute Gasteiger partial charge is 0.267 e. The van der Waals surface area contributed by atoms with Gasteiger partial charge in [-0.05, 0) is 43.3 Å². The summed E-state index contributed by atoms with van der Waals surface area (Å²) < 4.78 is 13.0. The third-order valence-electron chi connectivity index (χ3n) is 3.67. The Kier molecular flexibility index (Phi) is 4.87. The first-order valence-electron chi connectivity index (χ1n) is 7.71. The van der Waals surface area contributed by atoms with E-state index in [1.165, 1.54) is 24.3 Å². The van der Waals surface area contributed by atoms with Gasteiger partial charge in [-0.3, -0.25) is 4.79 Å². The largest absolute Gasteiger partial charge is 0.396 e. The van der Waals surface area contributed by atoms with Gasteiger partial charge in [0.2, 0.25) is 0 Å². The summed E-state index contributed by atoms with van der Waals surface area (Å²) in [6, 6.07) is 15.1. The van der Waals surface area contributed by atoms with Gasteiger partial charge >= 0.3 is 0 Å². The number of carbonyl (C=O) groups is 1. The molecule has 0 aliphatic heterocycles. The molecule has 0 aliphatic rings. The quantitative estimate of drug-likeness (QED) is 0.627. The Balaban J connectivity index is 1.87. The van der Waals surface area contributed by atoms with Gasteiger partial charge in [0.05, 0.1) is 5.69 Å². The van der Waals surface area contributed by atoms with Crippen LogP contribution in [0.5, 0.6) is 0 Å². The summed E-state index contributed by atoms with van der Waals surface area (Å²) in [6.07, 6.45) is 0. The first kappa shape index (κ1) is 17.5. The minimum Gasteiger partial charge on any atom is -0.396 e. The summed E-state index contributed by atoms with van der Waals surface area (Å²) in [5.74, 6) is -0.845. The van der Waals surface area contributed by atoms with Gasteiger partial charge in [-0.2, -0.15) is 5.26 Å². The Hall–Kier alpha value is -3.37. The number of rotatable bonds is 4. The number of halogens is 1. The fraction of sp³-hybridized carbons (Fsp3) is 0.0526. The molecule has 3 rings (SSSR count). The summed E-state index contributed by atoms with van der Waals surface area (Å²) >= 11 is 1.10. The van der Waals surface area contributed by atoms with Crippen molar-refractivity contribution in [2.45, 2.75) is 6.92 Å². The van der Waals surface area contributed by atoms with E-state index in [0.717, 1.165) is 22.6 Å². The first-order chi connectivity index (χ1) is 12.5. The van der Waals surface area contributed by atoms with Gasteiger partial charge in [0, 0.05) is 11.4 Å². The van der Waals surface area contributed by atoms with Crippen LogP contribution in [0.1, 0.15) is 20.8 Å². The number of hydrogen-bond acceptors (Lipinski definition) is 5. The maximum atomic E-state index is 13.0. The van der Waals surface area contributed by atoms with Crippen LogP contribution < -0.4 is 16.4 Å². The molecule has 2 aromatic carbocycles. The number of nitrogen functional groups attached to an aromatic ring is 1. The molecule has 0 atom stereocenters. The molecule has 26 heavy (non-hydrogen) atoms. The van der Waals surface area contributed by atoms with Crippen LogP contribution >= 0.6 is 11.3 Å². The Morgan fingerprint density at radius 2 is 1.73 bits per heavy atom. The highest BCUT2D eigenvalue weighted by Gasteiger charge is 2.21. The van der Waals surface area contributed by atoms with Gasteiger partial charge in [-0.25, -0.2) is 4.39 Å². The van der Waals surface area contributed by atoms with Crippen LogP contribution in [0.3, 0.4) is 0 Å². The zero-order chi connectivity index (χ0) is 18.7. The van der Waals surface area contributed by atoms with Gasteiger partial charge in [-0.1, -0.05) is 17.7 Å². The van der Waals surface area contributed by atoms with Crippen molar-refractivity contribution in [2.75, 3.05) is 16.4 Å². The molecular formula is C19H15FN4OS. The highest BCUT2D eigenvalue weighted by molar-refractivity contribution is 7.19. The van der Waals surface area contributed by atoms with Crippen LogP contribution in [0.4, 0.5) is 26.5 Å². The maximum Gasteiger partial charge on any atom is 0.267 e. The number of anilines is 4. The van der Waals surface area contributed by atoms with Crippen molar-refractivity contribution in [3.8, 4) is 6.07 Å². The predicted octanol–water partition coefficient (Wildman–Crippen LogP) is 4.65. The lowest BCUT2D eigenvalue weighted by molar-refractivity contribution is 0.103. The minimum atomic E-state index is -0.451. The molecule has 0 saturated carbocycles. The summed E-state index contributed by atoms with van der Waals surface area (Å²) in [6.45, 7) is 1.98. The van der Waals surface area contributed by atoms with Crippen molar-refractivity contribution in [1.29, 1.82) is 5.26 Å². The normalized spacial score (nSPS) is 10.2. The van der Waals surface area contributed by atoms with E-state index in [9.17, 15) is 14.4 Å². The second-order valence-electron chi connectivity index (χ2n) is 5.61. The Morgan fingerprint density at radius 1 is 1.12 bits per heavy atom. The molecule has 1 aromatic heterocycles. The zero-order valence-electron chi connectivity index (χ0n) is 13.8. The Labute approximate surface area is 153 Å². The Morgan fingerprint density at radius 3 is 2.35 bits per heavy atom. The number of carbonyl (C=O) groups excluding carboxylic acids is 1. The van der Waals surface area contributed by atoms with Crippen LogP contribution in [0, 0.1) is 24.1 Å². The van der Waals surface area contributed by atoms with Crippen LogP contribution in [0.25, 0.3) is 0 Å². The molecule has 0 saturated heterocycles. The van der Waals surface area contributed by atoms with Crippen molar-refractivity contribution < 1.29 is 9.18 Å². The molecule has 4 N–H and O–H groups in total. The summed E-state index contributed by atoms with van der Waals surface area (Å²) in [4.78, 5) is 12.7. The fourth-order valence-corrected chi connectivity index (χ4v) is 3.29. The molecule has 130 valence electrons. The lowest BCUT2D eigenvalue weighted by Gasteiger charge is -2.04. The van der Waals surface area contributed by atoms with Crippen LogP contribution in [0.2, 0.25) is 0 Å². The predicted molar refractivity (Wildman–Crippen MR) is 102 cm³/mol. The van der Waals surface area contributed by atoms with E-state index in [2.05, 4.69) is 10.6 Å². The van der Waals surface area contributed by atoms with E-state index in [1.807, 2.05) is 37.3 Å². The van der Waals surface area contributed by atoms with E-state index >= 15 is 0 Å². The van der Waals surface area contributed by atoms with Crippen molar-refractivity contribution in [2.24, 2.45) is 0 Å². The number of nitriles is 1.